The molecule has 2 aromatic heterocycles. The van der Waals surface area contributed by atoms with Gasteiger partial charge in [0.25, 0.3) is 0 Å². The second kappa shape index (κ2) is 7.25. The van der Waals surface area contributed by atoms with Crippen LogP contribution in [-0.2, 0) is 11.2 Å². The first-order chi connectivity index (χ1) is 11.5. The number of aromatic nitrogens is 1. The smallest absolute Gasteiger partial charge is 0.336 e. The van der Waals surface area contributed by atoms with Crippen molar-refractivity contribution in [3.05, 3.63) is 56.8 Å². The zero-order valence-electron chi connectivity index (χ0n) is 12.2. The highest BCUT2D eigenvalue weighted by molar-refractivity contribution is 9.10. The summed E-state index contributed by atoms with van der Waals surface area (Å²) in [6.07, 6.45) is 0.144. The molecule has 0 spiro atoms. The van der Waals surface area contributed by atoms with E-state index < -0.39 is 5.97 Å². The Morgan fingerprint density at radius 3 is 2.75 bits per heavy atom. The number of halogens is 1. The fraction of sp³-hybridized carbons (Fsp3) is 0.0625. The van der Waals surface area contributed by atoms with E-state index in [1.807, 2.05) is 29.6 Å². The van der Waals surface area contributed by atoms with Gasteiger partial charge in [-0.25, -0.2) is 9.78 Å². The minimum absolute atomic E-state index is 0.144. The zero-order chi connectivity index (χ0) is 17.1. The van der Waals surface area contributed by atoms with Crippen molar-refractivity contribution in [2.75, 3.05) is 5.32 Å². The van der Waals surface area contributed by atoms with Crippen LogP contribution in [0.5, 0.6) is 0 Å². The number of carboxylic acids is 1. The Hall–Kier alpha value is -2.03. The molecule has 3 rings (SSSR count). The number of aromatic carboxylic acids is 1. The molecule has 24 heavy (non-hydrogen) atoms. The van der Waals surface area contributed by atoms with E-state index in [9.17, 15) is 9.59 Å². The molecule has 0 aliphatic heterocycles. The number of thiophene rings is 1. The first kappa shape index (κ1) is 16.8. The van der Waals surface area contributed by atoms with E-state index in [1.54, 1.807) is 0 Å². The number of hydrogen-bond donors (Lipinski definition) is 2. The van der Waals surface area contributed by atoms with E-state index in [4.69, 9.17) is 5.11 Å². The number of thiazole rings is 1. The van der Waals surface area contributed by atoms with E-state index in [2.05, 4.69) is 26.2 Å². The fourth-order valence-corrected chi connectivity index (χ4v) is 4.01. The minimum atomic E-state index is -1.01. The number of amides is 1. The number of anilines is 1. The van der Waals surface area contributed by atoms with Gasteiger partial charge in [0.15, 0.2) is 0 Å². The molecule has 0 saturated heterocycles. The molecule has 8 heteroatoms. The molecule has 2 N–H and O–H groups in total. The largest absolute Gasteiger partial charge is 0.478 e. The maximum Gasteiger partial charge on any atom is 0.336 e. The molecule has 1 amide bonds. The van der Waals surface area contributed by atoms with Crippen LogP contribution >= 0.6 is 38.6 Å². The zero-order valence-corrected chi connectivity index (χ0v) is 15.4. The Bertz CT molecular complexity index is 904. The summed E-state index contributed by atoms with van der Waals surface area (Å²) in [5.41, 5.74) is 1.84. The number of nitrogens with one attached hydrogen (secondary N) is 1. The number of nitrogens with zero attached hydrogens (tertiary/aromatic N) is 1. The van der Waals surface area contributed by atoms with Crippen molar-refractivity contribution in [1.29, 1.82) is 0 Å². The Balaban J connectivity index is 1.65. The van der Waals surface area contributed by atoms with Crippen molar-refractivity contribution in [1.82, 2.24) is 4.98 Å². The fourth-order valence-electron chi connectivity index (χ4n) is 2.00. The third-order valence-electron chi connectivity index (χ3n) is 3.07. The lowest BCUT2D eigenvalue weighted by molar-refractivity contribution is -0.115. The van der Waals surface area contributed by atoms with Gasteiger partial charge in [-0.05, 0) is 18.2 Å². The quantitative estimate of drug-likeness (QED) is 0.633. The maximum absolute atomic E-state index is 12.1. The van der Waals surface area contributed by atoms with Gasteiger partial charge >= 0.3 is 5.97 Å². The van der Waals surface area contributed by atoms with Gasteiger partial charge < -0.3 is 10.4 Å². The molecule has 3 aromatic rings. The number of benzene rings is 1. The van der Waals surface area contributed by atoms with E-state index >= 15 is 0 Å². The van der Waals surface area contributed by atoms with Crippen molar-refractivity contribution >= 4 is 55.5 Å². The van der Waals surface area contributed by atoms with Crippen LogP contribution in [0.3, 0.4) is 0 Å². The number of carbonyl (C=O) groups is 2. The third-order valence-corrected chi connectivity index (χ3v) is 5.35. The number of carboxylic acid groups (broad SMARTS) is 1. The van der Waals surface area contributed by atoms with Crippen LogP contribution in [0.25, 0.3) is 10.6 Å². The minimum Gasteiger partial charge on any atom is -0.478 e. The highest BCUT2D eigenvalue weighted by Crippen LogP contribution is 2.26. The summed E-state index contributed by atoms with van der Waals surface area (Å²) < 4.78 is 0.974. The summed E-state index contributed by atoms with van der Waals surface area (Å²) in [6, 6.07) is 9.26. The molecule has 0 aliphatic rings. The van der Waals surface area contributed by atoms with E-state index in [0.717, 1.165) is 15.0 Å². The monoisotopic (exact) mass is 422 g/mol. The molecule has 0 radical (unpaired) electrons. The van der Waals surface area contributed by atoms with Gasteiger partial charge in [0, 0.05) is 20.8 Å². The lowest BCUT2D eigenvalue weighted by Gasteiger charge is -2.00. The van der Waals surface area contributed by atoms with E-state index in [-0.39, 0.29) is 17.9 Å². The summed E-state index contributed by atoms with van der Waals surface area (Å²) in [7, 11) is 0. The molecule has 0 fully saturated rings. The Morgan fingerprint density at radius 1 is 1.21 bits per heavy atom. The summed E-state index contributed by atoms with van der Waals surface area (Å²) in [5, 5.41) is 16.3. The average Bonchev–Trinajstić information content (AvgIpc) is 3.17. The predicted molar refractivity (Wildman–Crippen MR) is 98.9 cm³/mol. The summed E-state index contributed by atoms with van der Waals surface area (Å²) in [6.45, 7) is 0. The van der Waals surface area contributed by atoms with Crippen LogP contribution in [0.2, 0.25) is 0 Å². The van der Waals surface area contributed by atoms with Gasteiger partial charge in [0.05, 0.1) is 22.7 Å². The maximum atomic E-state index is 12.1. The first-order valence-corrected chi connectivity index (χ1v) is 9.38. The third kappa shape index (κ3) is 4.08. The molecule has 0 aliphatic carbocycles. The van der Waals surface area contributed by atoms with Crippen LogP contribution < -0.4 is 5.32 Å². The highest BCUT2D eigenvalue weighted by atomic mass is 79.9. The topological polar surface area (TPSA) is 79.3 Å². The van der Waals surface area contributed by atoms with Gasteiger partial charge in [0.1, 0.15) is 5.01 Å². The normalized spacial score (nSPS) is 10.5. The summed E-state index contributed by atoms with van der Waals surface area (Å²) in [5.74, 6) is -1.23. The SMILES string of the molecule is O=C(Cc1csc(-c2cccc(Br)c2)n1)Nc1cc(C(=O)O)cs1. The van der Waals surface area contributed by atoms with Crippen LogP contribution in [-0.4, -0.2) is 22.0 Å². The number of hydrogen-bond acceptors (Lipinski definition) is 5. The molecule has 0 unspecified atom stereocenters. The van der Waals surface area contributed by atoms with Crippen molar-refractivity contribution in [2.24, 2.45) is 0 Å². The lowest BCUT2D eigenvalue weighted by atomic mass is 10.2. The summed E-state index contributed by atoms with van der Waals surface area (Å²) in [4.78, 5) is 27.4. The van der Waals surface area contributed by atoms with Crippen molar-refractivity contribution in [2.45, 2.75) is 6.42 Å². The van der Waals surface area contributed by atoms with Gasteiger partial charge in [0.2, 0.25) is 5.91 Å². The molecular weight excluding hydrogens is 412 g/mol. The number of carbonyl (C=O) groups excluding carboxylic acids is 1. The standard InChI is InChI=1S/C16H11BrN2O3S2/c17-11-3-1-2-9(4-11)15-18-12(8-24-15)6-13(20)19-14-5-10(7-23-14)16(21)22/h1-5,7-8H,6H2,(H,19,20)(H,21,22). The van der Waals surface area contributed by atoms with Gasteiger partial charge in [-0.3, -0.25) is 4.79 Å². The van der Waals surface area contributed by atoms with Crippen molar-refractivity contribution in [3.63, 3.8) is 0 Å². The van der Waals surface area contributed by atoms with E-state index in [0.29, 0.717) is 10.7 Å². The van der Waals surface area contributed by atoms with E-state index in [1.165, 1.54) is 34.1 Å². The van der Waals surface area contributed by atoms with Gasteiger partial charge in [-0.2, -0.15) is 0 Å². The second-order valence-electron chi connectivity index (χ2n) is 4.88. The second-order valence-corrected chi connectivity index (χ2v) is 7.57. The molecule has 1 aromatic carbocycles. The highest BCUT2D eigenvalue weighted by Gasteiger charge is 2.12. The van der Waals surface area contributed by atoms with Crippen LogP contribution in [0.4, 0.5) is 5.00 Å². The molecule has 0 saturated carbocycles. The molecule has 0 atom stereocenters. The van der Waals surface area contributed by atoms with Crippen LogP contribution in [0.15, 0.2) is 45.6 Å². The predicted octanol–water partition coefficient (Wildman–Crippen LogP) is 4.51. The summed E-state index contributed by atoms with van der Waals surface area (Å²) >= 11 is 6.09. The molecule has 5 nitrogen and oxygen atoms in total. The molecular formula is C16H11BrN2O3S2. The number of rotatable bonds is 5. The van der Waals surface area contributed by atoms with Crippen LogP contribution in [0.1, 0.15) is 16.1 Å². The molecule has 0 bridgehead atoms. The van der Waals surface area contributed by atoms with Crippen molar-refractivity contribution in [3.8, 4) is 10.6 Å². The average molecular weight is 423 g/mol. The Morgan fingerprint density at radius 2 is 2.04 bits per heavy atom. The molecule has 122 valence electrons. The Kier molecular flexibility index (Phi) is 5.08. The van der Waals surface area contributed by atoms with Gasteiger partial charge in [-0.15, -0.1) is 22.7 Å². The van der Waals surface area contributed by atoms with Gasteiger partial charge in [-0.1, -0.05) is 28.1 Å². The first-order valence-electron chi connectivity index (χ1n) is 6.83. The molecule has 2 heterocycles. The Labute approximate surface area is 154 Å². The van der Waals surface area contributed by atoms with Crippen molar-refractivity contribution < 1.29 is 14.7 Å². The van der Waals surface area contributed by atoms with Crippen LogP contribution in [0, 0.1) is 0 Å². The lowest BCUT2D eigenvalue weighted by Crippen LogP contribution is -2.13.